The minimum absolute atomic E-state index is 0.325. The van der Waals surface area contributed by atoms with Gasteiger partial charge in [-0.3, -0.25) is 0 Å². The first-order chi connectivity index (χ1) is 9.08. The van der Waals surface area contributed by atoms with Gasteiger partial charge >= 0.3 is 0 Å². The van der Waals surface area contributed by atoms with Gasteiger partial charge in [-0.05, 0) is 24.6 Å². The molecule has 0 radical (unpaired) electrons. The molecule has 1 N–H and O–H groups in total. The van der Waals surface area contributed by atoms with E-state index >= 15 is 0 Å². The van der Waals surface area contributed by atoms with E-state index in [0.29, 0.717) is 25.3 Å². The van der Waals surface area contributed by atoms with E-state index < -0.39 is 23.5 Å². The van der Waals surface area contributed by atoms with Crippen molar-refractivity contribution in [2.24, 2.45) is 0 Å². The lowest BCUT2D eigenvalue weighted by Crippen LogP contribution is -2.19. The molecule has 0 saturated carbocycles. The first-order valence-corrected chi connectivity index (χ1v) is 5.82. The zero-order valence-electron chi connectivity index (χ0n) is 10.9. The Bertz CT molecular complexity index is 437. The van der Waals surface area contributed by atoms with Gasteiger partial charge in [0.1, 0.15) is 6.07 Å². The molecule has 1 atom stereocenters. The summed E-state index contributed by atoms with van der Waals surface area (Å²) in [4.78, 5) is 0. The highest BCUT2D eigenvalue weighted by Gasteiger charge is 2.15. The monoisotopic (exact) mass is 270 g/mol. The molecule has 0 aliphatic heterocycles. The van der Waals surface area contributed by atoms with E-state index in [1.165, 1.54) is 19.1 Å². The number of halogens is 2. The molecule has 0 amide bonds. The van der Waals surface area contributed by atoms with Crippen molar-refractivity contribution in [3.8, 4) is 11.8 Å². The van der Waals surface area contributed by atoms with E-state index in [1.54, 1.807) is 13.2 Å². The molecule has 1 aromatic carbocycles. The predicted molar refractivity (Wildman–Crippen MR) is 65.6 cm³/mol. The van der Waals surface area contributed by atoms with E-state index in [0.717, 1.165) is 0 Å². The predicted octanol–water partition coefficient (Wildman–Crippen LogP) is 1.99. The van der Waals surface area contributed by atoms with E-state index in [-0.39, 0.29) is 0 Å². The number of benzene rings is 1. The van der Waals surface area contributed by atoms with Crippen LogP contribution < -0.4 is 10.1 Å². The lowest BCUT2D eigenvalue weighted by Gasteiger charge is -2.11. The molecule has 0 spiro atoms. The molecule has 0 fully saturated rings. The number of rotatable bonds is 7. The normalized spacial score (nSPS) is 11.9. The third kappa shape index (κ3) is 4.81. The lowest BCUT2D eigenvalue weighted by atomic mass is 10.2. The van der Waals surface area contributed by atoms with Gasteiger partial charge in [0.05, 0.1) is 6.61 Å². The molecule has 1 aromatic rings. The fraction of sp³-hybridized carbons (Fsp3) is 0.462. The topological polar surface area (TPSA) is 54.3 Å². The summed E-state index contributed by atoms with van der Waals surface area (Å²) in [5, 5.41) is 11.5. The van der Waals surface area contributed by atoms with Crippen molar-refractivity contribution < 1.29 is 18.3 Å². The second-order valence-electron chi connectivity index (χ2n) is 3.95. The van der Waals surface area contributed by atoms with Crippen LogP contribution in [0.3, 0.4) is 0 Å². The van der Waals surface area contributed by atoms with E-state index in [2.05, 4.69) is 5.32 Å². The van der Waals surface area contributed by atoms with Crippen molar-refractivity contribution in [3.63, 3.8) is 0 Å². The van der Waals surface area contributed by atoms with Gasteiger partial charge in [0, 0.05) is 20.2 Å². The van der Waals surface area contributed by atoms with Crippen molar-refractivity contribution in [1.29, 1.82) is 5.26 Å². The molecule has 6 heteroatoms. The summed E-state index contributed by atoms with van der Waals surface area (Å²) in [5.41, 5.74) is 0.461. The summed E-state index contributed by atoms with van der Waals surface area (Å²) < 4.78 is 37.0. The van der Waals surface area contributed by atoms with Crippen LogP contribution in [0.25, 0.3) is 0 Å². The molecule has 1 unspecified atom stereocenters. The maximum absolute atomic E-state index is 13.7. The van der Waals surface area contributed by atoms with Crippen LogP contribution in [0.1, 0.15) is 12.5 Å². The summed E-state index contributed by atoms with van der Waals surface area (Å²) >= 11 is 0. The molecule has 0 aliphatic carbocycles. The number of hydrogen-bond acceptors (Lipinski definition) is 4. The maximum Gasteiger partial charge on any atom is 0.192 e. The Morgan fingerprint density at radius 3 is 2.53 bits per heavy atom. The van der Waals surface area contributed by atoms with Crippen molar-refractivity contribution >= 4 is 0 Å². The zero-order chi connectivity index (χ0) is 14.3. The largest absolute Gasteiger partial charge is 0.470 e. The molecule has 19 heavy (non-hydrogen) atoms. The van der Waals surface area contributed by atoms with Crippen molar-refractivity contribution in [1.82, 2.24) is 5.32 Å². The Kier molecular flexibility index (Phi) is 6.19. The van der Waals surface area contributed by atoms with Gasteiger partial charge in [0.15, 0.2) is 23.5 Å². The number of nitrogens with one attached hydrogen (secondary N) is 1. The smallest absolute Gasteiger partial charge is 0.192 e. The molecule has 0 aromatic heterocycles. The Hall–Kier alpha value is -1.71. The third-order valence-electron chi connectivity index (χ3n) is 2.35. The minimum atomic E-state index is -0.908. The second-order valence-corrected chi connectivity index (χ2v) is 3.95. The van der Waals surface area contributed by atoms with Crippen molar-refractivity contribution in [3.05, 3.63) is 29.3 Å². The highest BCUT2D eigenvalue weighted by atomic mass is 19.1. The Morgan fingerprint density at radius 2 is 2.00 bits per heavy atom. The van der Waals surface area contributed by atoms with Crippen LogP contribution >= 0.6 is 0 Å². The van der Waals surface area contributed by atoms with Gasteiger partial charge in [-0.15, -0.1) is 0 Å². The van der Waals surface area contributed by atoms with E-state index in [9.17, 15) is 8.78 Å². The average molecular weight is 270 g/mol. The highest BCUT2D eigenvalue weighted by molar-refractivity contribution is 5.31. The van der Waals surface area contributed by atoms with Gasteiger partial charge in [0.2, 0.25) is 0 Å². The SMILES string of the molecule is COCCNCc1cc(F)c(OC(C)C#N)c(F)c1. The quantitative estimate of drug-likeness (QED) is 0.770. The van der Waals surface area contributed by atoms with Gasteiger partial charge < -0.3 is 14.8 Å². The Balaban J connectivity index is 2.71. The van der Waals surface area contributed by atoms with Crippen LogP contribution in [0, 0.1) is 23.0 Å². The second kappa shape index (κ2) is 7.67. The van der Waals surface area contributed by atoms with Gasteiger partial charge in [-0.1, -0.05) is 0 Å². The number of hydrogen-bond donors (Lipinski definition) is 1. The molecular weight excluding hydrogens is 254 g/mol. The number of nitriles is 1. The molecule has 0 bridgehead atoms. The first-order valence-electron chi connectivity index (χ1n) is 5.82. The van der Waals surface area contributed by atoms with Crippen LogP contribution in [0.2, 0.25) is 0 Å². The minimum Gasteiger partial charge on any atom is -0.470 e. The fourth-order valence-electron chi connectivity index (χ4n) is 1.44. The molecule has 104 valence electrons. The third-order valence-corrected chi connectivity index (χ3v) is 2.35. The summed E-state index contributed by atoms with van der Waals surface area (Å²) in [7, 11) is 1.57. The van der Waals surface area contributed by atoms with Crippen LogP contribution in [0.15, 0.2) is 12.1 Å². The van der Waals surface area contributed by atoms with Crippen LogP contribution in [-0.2, 0) is 11.3 Å². The molecule has 0 heterocycles. The molecule has 0 aliphatic rings. The van der Waals surface area contributed by atoms with Crippen molar-refractivity contribution in [2.75, 3.05) is 20.3 Å². The molecule has 1 rings (SSSR count). The lowest BCUT2D eigenvalue weighted by molar-refractivity contribution is 0.199. The average Bonchev–Trinajstić information content (AvgIpc) is 2.38. The Labute approximate surface area is 110 Å². The molecule has 0 saturated heterocycles. The van der Waals surface area contributed by atoms with Gasteiger partial charge in [0.25, 0.3) is 0 Å². The number of nitrogens with zero attached hydrogens (tertiary/aromatic N) is 1. The standard InChI is InChI=1S/C13H16F2N2O2/c1-9(7-16)19-13-11(14)5-10(6-12(13)15)8-17-3-4-18-2/h5-6,9,17H,3-4,8H2,1-2H3. The van der Waals surface area contributed by atoms with Gasteiger partial charge in [-0.25, -0.2) is 8.78 Å². The summed E-state index contributed by atoms with van der Waals surface area (Å²) in [5.74, 6) is -2.15. The summed E-state index contributed by atoms with van der Waals surface area (Å²) in [6, 6.07) is 4.11. The molecular formula is C13H16F2N2O2. The summed E-state index contributed by atoms with van der Waals surface area (Å²) in [6.45, 7) is 2.85. The number of ether oxygens (including phenoxy) is 2. The maximum atomic E-state index is 13.7. The van der Waals surface area contributed by atoms with E-state index in [1.807, 2.05) is 0 Å². The first kappa shape index (κ1) is 15.3. The fourth-order valence-corrected chi connectivity index (χ4v) is 1.44. The molecule has 4 nitrogen and oxygen atoms in total. The van der Waals surface area contributed by atoms with Crippen LogP contribution in [-0.4, -0.2) is 26.4 Å². The van der Waals surface area contributed by atoms with E-state index in [4.69, 9.17) is 14.7 Å². The highest BCUT2D eigenvalue weighted by Crippen LogP contribution is 2.24. The van der Waals surface area contributed by atoms with Crippen LogP contribution in [0.4, 0.5) is 8.78 Å². The zero-order valence-corrected chi connectivity index (χ0v) is 10.9. The Morgan fingerprint density at radius 1 is 1.37 bits per heavy atom. The van der Waals surface area contributed by atoms with Gasteiger partial charge in [-0.2, -0.15) is 5.26 Å². The summed E-state index contributed by atoms with van der Waals surface area (Å²) in [6.07, 6.45) is -0.908. The van der Waals surface area contributed by atoms with Crippen LogP contribution in [0.5, 0.6) is 5.75 Å². The van der Waals surface area contributed by atoms with Crippen molar-refractivity contribution in [2.45, 2.75) is 19.6 Å². The number of methoxy groups -OCH3 is 1.